The molecule has 4 atom stereocenters. The molecule has 0 saturated heterocycles. The topological polar surface area (TPSA) is 246 Å². The number of carboxylic acid groups (broad SMARTS) is 2. The van der Waals surface area contributed by atoms with Gasteiger partial charge in [0.2, 0.25) is 17.7 Å². The second-order valence-corrected chi connectivity index (χ2v) is 11.1. The van der Waals surface area contributed by atoms with Crippen molar-refractivity contribution in [1.29, 1.82) is 0 Å². The highest BCUT2D eigenvalue weighted by molar-refractivity contribution is 5.96. The molecule has 0 aliphatic rings. The summed E-state index contributed by atoms with van der Waals surface area (Å²) in [6, 6.07) is 9.53. The molecule has 0 bridgehead atoms. The lowest BCUT2D eigenvalue weighted by Crippen LogP contribution is -2.58. The number of unbranched alkanes of at least 4 members (excludes halogenated alkanes) is 1. The molecule has 3 amide bonds. The number of hydrogen-bond acceptors (Lipinski definition) is 7. The molecule has 14 nitrogen and oxygen atoms in total. The number of H-pyrrole nitrogens is 2. The van der Waals surface area contributed by atoms with E-state index in [1.54, 1.807) is 12.4 Å². The maximum Gasteiger partial charge on any atom is 0.326 e. The van der Waals surface area contributed by atoms with E-state index in [0.29, 0.717) is 24.9 Å². The van der Waals surface area contributed by atoms with Crippen molar-refractivity contribution in [2.75, 3.05) is 6.54 Å². The lowest BCUT2D eigenvalue weighted by Gasteiger charge is -2.25. The maximum atomic E-state index is 13.5. The maximum absolute atomic E-state index is 13.5. The predicted octanol–water partition coefficient (Wildman–Crippen LogP) is 0.904. The molecule has 0 aliphatic heterocycles. The van der Waals surface area contributed by atoms with Gasteiger partial charge in [0.1, 0.15) is 18.1 Å². The van der Waals surface area contributed by atoms with Crippen LogP contribution in [0.25, 0.3) is 21.8 Å². The van der Waals surface area contributed by atoms with Crippen molar-refractivity contribution in [1.82, 2.24) is 25.9 Å². The lowest BCUT2D eigenvalue weighted by atomic mass is 10.0. The number of aliphatic carboxylic acids is 2. The molecule has 2 aromatic heterocycles. The van der Waals surface area contributed by atoms with Gasteiger partial charge >= 0.3 is 11.9 Å². The average molecular weight is 634 g/mol. The number of para-hydroxylation sites is 2. The van der Waals surface area contributed by atoms with E-state index in [2.05, 4.69) is 25.9 Å². The van der Waals surface area contributed by atoms with E-state index in [1.165, 1.54) is 0 Å². The monoisotopic (exact) mass is 633 g/mol. The Balaban J connectivity index is 1.52. The van der Waals surface area contributed by atoms with Crippen molar-refractivity contribution in [3.63, 3.8) is 0 Å². The van der Waals surface area contributed by atoms with E-state index < -0.39 is 60.2 Å². The van der Waals surface area contributed by atoms with Crippen LogP contribution in [0.15, 0.2) is 60.9 Å². The molecule has 2 aromatic carbocycles. The summed E-state index contributed by atoms with van der Waals surface area (Å²) in [5, 5.41) is 28.4. The second kappa shape index (κ2) is 15.7. The largest absolute Gasteiger partial charge is 0.481 e. The molecule has 11 N–H and O–H groups in total. The van der Waals surface area contributed by atoms with Crippen LogP contribution in [-0.4, -0.2) is 80.6 Å². The van der Waals surface area contributed by atoms with E-state index >= 15 is 0 Å². The van der Waals surface area contributed by atoms with Crippen molar-refractivity contribution < 1.29 is 34.2 Å². The number of fused-ring (bicyclic) bond motifs is 2. The molecule has 0 spiro atoms. The van der Waals surface area contributed by atoms with E-state index in [-0.39, 0.29) is 19.3 Å². The molecule has 0 aliphatic carbocycles. The summed E-state index contributed by atoms with van der Waals surface area (Å²) in [4.78, 5) is 69.9. The molecule has 46 heavy (non-hydrogen) atoms. The van der Waals surface area contributed by atoms with Gasteiger partial charge in [-0.3, -0.25) is 19.2 Å². The van der Waals surface area contributed by atoms with Crippen LogP contribution >= 0.6 is 0 Å². The van der Waals surface area contributed by atoms with Crippen molar-refractivity contribution in [2.45, 2.75) is 62.7 Å². The third kappa shape index (κ3) is 8.70. The molecular weight excluding hydrogens is 594 g/mol. The number of hydrogen-bond donors (Lipinski definition) is 9. The Bertz CT molecular complexity index is 1700. The summed E-state index contributed by atoms with van der Waals surface area (Å²) in [5.74, 6) is -5.09. The van der Waals surface area contributed by atoms with Crippen molar-refractivity contribution in [2.24, 2.45) is 11.5 Å². The Labute approximate surface area is 264 Å². The molecule has 0 fully saturated rings. The fourth-order valence-corrected chi connectivity index (χ4v) is 5.32. The molecule has 14 heteroatoms. The number of nitrogens with two attached hydrogens (primary N) is 2. The zero-order valence-electron chi connectivity index (χ0n) is 25.1. The zero-order valence-corrected chi connectivity index (χ0v) is 25.1. The normalized spacial score (nSPS) is 13.9. The fraction of sp³-hybridized carbons (Fsp3) is 0.344. The second-order valence-electron chi connectivity index (χ2n) is 11.1. The van der Waals surface area contributed by atoms with Gasteiger partial charge in [0.25, 0.3) is 0 Å². The number of carbonyl (C=O) groups is 5. The molecule has 0 radical (unpaired) electrons. The first-order valence-corrected chi connectivity index (χ1v) is 15.0. The number of carbonyl (C=O) groups excluding carboxylic acids is 3. The Morgan fingerprint density at radius 3 is 1.78 bits per heavy atom. The number of aromatic nitrogens is 2. The Kier molecular flexibility index (Phi) is 11.5. The molecule has 0 saturated carbocycles. The molecule has 244 valence electrons. The minimum atomic E-state index is -1.57. The summed E-state index contributed by atoms with van der Waals surface area (Å²) < 4.78 is 0. The molecule has 4 aromatic rings. The van der Waals surface area contributed by atoms with Crippen molar-refractivity contribution in [3.05, 3.63) is 72.1 Å². The zero-order chi connectivity index (χ0) is 33.2. The van der Waals surface area contributed by atoms with Gasteiger partial charge in [-0.2, -0.15) is 0 Å². The van der Waals surface area contributed by atoms with E-state index in [9.17, 15) is 34.2 Å². The summed E-state index contributed by atoms with van der Waals surface area (Å²) >= 11 is 0. The molecular formula is C32H39N7O7. The molecule has 4 rings (SSSR count). The van der Waals surface area contributed by atoms with Crippen LogP contribution in [0, 0.1) is 0 Å². The lowest BCUT2D eigenvalue weighted by molar-refractivity contribution is -0.143. The van der Waals surface area contributed by atoms with Crippen LogP contribution in [0.5, 0.6) is 0 Å². The highest BCUT2D eigenvalue weighted by atomic mass is 16.4. The Morgan fingerprint density at radius 1 is 0.696 bits per heavy atom. The fourth-order valence-electron chi connectivity index (χ4n) is 5.32. The Hall–Kier alpha value is -5.21. The average Bonchev–Trinajstić information content (AvgIpc) is 3.63. The number of amides is 3. The highest BCUT2D eigenvalue weighted by Crippen LogP contribution is 2.20. The Morgan fingerprint density at radius 2 is 1.22 bits per heavy atom. The SMILES string of the molecule is NCCCCC(NC(=O)C(Cc1c[nH]c2ccccc12)NC(=O)C(CC(=O)O)NC(=O)C(N)Cc1c[nH]c2ccccc12)C(=O)O. The van der Waals surface area contributed by atoms with Crippen LogP contribution in [-0.2, 0) is 36.8 Å². The summed E-state index contributed by atoms with van der Waals surface area (Å²) in [5.41, 5.74) is 14.8. The molecule has 2 heterocycles. The van der Waals surface area contributed by atoms with Gasteiger partial charge in [-0.15, -0.1) is 0 Å². The van der Waals surface area contributed by atoms with Gasteiger partial charge in [-0.1, -0.05) is 36.4 Å². The first-order valence-electron chi connectivity index (χ1n) is 15.0. The predicted molar refractivity (Wildman–Crippen MR) is 171 cm³/mol. The third-order valence-corrected chi connectivity index (χ3v) is 7.76. The van der Waals surface area contributed by atoms with Crippen LogP contribution in [0.2, 0.25) is 0 Å². The summed E-state index contributed by atoms with van der Waals surface area (Å²) in [7, 11) is 0. The van der Waals surface area contributed by atoms with Crippen molar-refractivity contribution in [3.8, 4) is 0 Å². The van der Waals surface area contributed by atoms with Crippen LogP contribution in [0.1, 0.15) is 36.8 Å². The van der Waals surface area contributed by atoms with Gasteiger partial charge in [0.05, 0.1) is 12.5 Å². The minimum Gasteiger partial charge on any atom is -0.481 e. The van der Waals surface area contributed by atoms with Crippen LogP contribution in [0.4, 0.5) is 0 Å². The van der Waals surface area contributed by atoms with Gasteiger partial charge in [0, 0.05) is 40.6 Å². The van der Waals surface area contributed by atoms with Crippen LogP contribution < -0.4 is 27.4 Å². The van der Waals surface area contributed by atoms with E-state index in [4.69, 9.17) is 11.5 Å². The van der Waals surface area contributed by atoms with E-state index in [1.807, 2.05) is 48.5 Å². The third-order valence-electron chi connectivity index (χ3n) is 7.76. The van der Waals surface area contributed by atoms with Crippen molar-refractivity contribution >= 4 is 51.5 Å². The number of benzene rings is 2. The first kappa shape index (κ1) is 33.7. The summed E-state index contributed by atoms with van der Waals surface area (Å²) in [6.45, 7) is 0.363. The van der Waals surface area contributed by atoms with E-state index in [0.717, 1.165) is 27.4 Å². The van der Waals surface area contributed by atoms with Crippen LogP contribution in [0.3, 0.4) is 0 Å². The van der Waals surface area contributed by atoms with Gasteiger partial charge < -0.3 is 47.6 Å². The molecule has 4 unspecified atom stereocenters. The quantitative estimate of drug-likeness (QED) is 0.0749. The van der Waals surface area contributed by atoms with Gasteiger partial charge in [-0.25, -0.2) is 4.79 Å². The number of carboxylic acids is 2. The number of aromatic amines is 2. The number of rotatable bonds is 17. The van der Waals surface area contributed by atoms with Gasteiger partial charge in [-0.05, 0) is 55.5 Å². The first-order chi connectivity index (χ1) is 22.1. The highest BCUT2D eigenvalue weighted by Gasteiger charge is 2.32. The smallest absolute Gasteiger partial charge is 0.326 e. The van der Waals surface area contributed by atoms with Gasteiger partial charge in [0.15, 0.2) is 0 Å². The standard InChI is InChI=1S/C32H39N7O7/c33-12-6-5-11-25(32(45)46)37-30(43)26(14-19-17-36-24-10-4-2-8-21(19)24)39-31(44)27(15-28(40)41)38-29(42)22(34)13-18-16-35-23-9-3-1-7-20(18)23/h1-4,7-10,16-17,22,25-27,35-36H,5-6,11-15,33-34H2,(H,37,43)(H,38,42)(H,39,44)(H,40,41)(H,45,46). The number of nitrogens with one attached hydrogen (secondary N) is 5. The summed E-state index contributed by atoms with van der Waals surface area (Å²) in [6.07, 6.45) is 3.83. The minimum absolute atomic E-state index is 0.0511.